The molecule has 3 aromatic rings. The van der Waals surface area contributed by atoms with Crippen LogP contribution >= 0.6 is 0 Å². The van der Waals surface area contributed by atoms with Crippen LogP contribution in [0.4, 0.5) is 0 Å². The van der Waals surface area contributed by atoms with Gasteiger partial charge in [-0.05, 0) is 48.4 Å². The predicted molar refractivity (Wildman–Crippen MR) is 124 cm³/mol. The maximum absolute atomic E-state index is 12.8. The molecule has 0 saturated carbocycles. The molecular weight excluding hydrogens is 415 g/mol. The molecule has 2 atom stereocenters. The molecule has 0 radical (unpaired) electrons. The molecule has 0 aliphatic carbocycles. The van der Waals surface area contributed by atoms with Crippen molar-refractivity contribution in [2.45, 2.75) is 31.3 Å². The summed E-state index contributed by atoms with van der Waals surface area (Å²) in [5.41, 5.74) is 2.33. The van der Waals surface area contributed by atoms with Crippen LogP contribution in [0.15, 0.2) is 91.0 Å². The van der Waals surface area contributed by atoms with Crippen molar-refractivity contribution in [3.05, 3.63) is 108 Å². The van der Waals surface area contributed by atoms with Gasteiger partial charge in [0.05, 0.1) is 11.5 Å². The Balaban J connectivity index is 0.00000171. The molecule has 0 aromatic heterocycles. The molecule has 1 unspecified atom stereocenters. The molecule has 1 heterocycles. The monoisotopic (exact) mass is 445 g/mol. The van der Waals surface area contributed by atoms with Crippen molar-refractivity contribution in [2.75, 3.05) is 6.54 Å². The number of benzene rings is 3. The van der Waals surface area contributed by atoms with Gasteiger partial charge in [0, 0.05) is 6.54 Å². The van der Waals surface area contributed by atoms with Crippen LogP contribution in [-0.2, 0) is 24.2 Å². The number of hydrogen-bond acceptors (Lipinski definition) is 3. The molecule has 0 N–H and O–H groups in total. The van der Waals surface area contributed by atoms with Crippen LogP contribution in [0, 0.1) is 5.92 Å². The van der Waals surface area contributed by atoms with E-state index >= 15 is 0 Å². The molecule has 32 heavy (non-hydrogen) atoms. The minimum absolute atomic E-state index is 0. The number of hydrogen-bond donors (Lipinski definition) is 0. The van der Waals surface area contributed by atoms with Crippen molar-refractivity contribution < 1.29 is 69.0 Å². The Hall–Kier alpha value is -0.845. The van der Waals surface area contributed by atoms with Gasteiger partial charge in [-0.1, -0.05) is 99.4 Å². The molecular formula is C26H30BNNa2O2. The number of carbonyl (C=O) groups excluding carboxylic acids is 1. The fourth-order valence-corrected chi connectivity index (χ4v) is 4.73. The van der Waals surface area contributed by atoms with Crippen LogP contribution in [0.1, 0.15) is 23.1 Å². The van der Waals surface area contributed by atoms with E-state index in [1.54, 1.807) is 0 Å². The van der Waals surface area contributed by atoms with E-state index < -0.39 is 11.5 Å². The van der Waals surface area contributed by atoms with Crippen LogP contribution in [0.5, 0.6) is 0 Å². The summed E-state index contributed by atoms with van der Waals surface area (Å²) in [4.78, 5) is 14.9. The number of aliphatic carboxylic acids is 1. The third kappa shape index (κ3) is 6.60. The van der Waals surface area contributed by atoms with Gasteiger partial charge in [0.2, 0.25) is 0 Å². The van der Waals surface area contributed by atoms with Crippen molar-refractivity contribution in [3.63, 3.8) is 0 Å². The van der Waals surface area contributed by atoms with Gasteiger partial charge in [-0.25, -0.2) is 0 Å². The molecule has 0 spiro atoms. The third-order valence-corrected chi connectivity index (χ3v) is 6.20. The number of carbonyl (C=O) groups is 1. The average Bonchev–Trinajstić information content (AvgIpc) is 3.08. The maximum atomic E-state index is 12.8. The largest absolute Gasteiger partial charge is 1.00 e. The van der Waals surface area contributed by atoms with Gasteiger partial charge in [-0.2, -0.15) is 0 Å². The Morgan fingerprint density at radius 1 is 0.812 bits per heavy atom. The first kappa shape index (κ1) is 29.2. The molecule has 1 fully saturated rings. The van der Waals surface area contributed by atoms with Crippen LogP contribution in [-0.4, -0.2) is 31.4 Å². The van der Waals surface area contributed by atoms with E-state index in [0.717, 1.165) is 30.5 Å². The average molecular weight is 445 g/mol. The zero-order valence-electron chi connectivity index (χ0n) is 18.5. The fourth-order valence-electron chi connectivity index (χ4n) is 4.73. The van der Waals surface area contributed by atoms with E-state index in [1.807, 2.05) is 66.7 Å². The third-order valence-electron chi connectivity index (χ3n) is 6.20. The first-order chi connectivity index (χ1) is 14.2. The normalized spacial score (nSPS) is 19.8. The van der Waals surface area contributed by atoms with Crippen LogP contribution < -0.4 is 64.2 Å². The SMILES string of the molecule is O=C([O-])[C@]1(Cc2ccccc2)C(Cc2ccccc2)CCN1Cc1ccccc1.[BH4-].[Na+].[Na+]. The van der Waals surface area contributed by atoms with Crippen molar-refractivity contribution >= 4 is 14.4 Å². The summed E-state index contributed by atoms with van der Waals surface area (Å²) in [6.45, 7) is 1.38. The number of carboxylic acid groups (broad SMARTS) is 1. The first-order valence-corrected chi connectivity index (χ1v) is 10.3. The summed E-state index contributed by atoms with van der Waals surface area (Å²) in [6.07, 6.45) is 2.05. The molecule has 1 aliphatic heterocycles. The Kier molecular flexibility index (Phi) is 12.6. The molecule has 156 valence electrons. The first-order valence-electron chi connectivity index (χ1n) is 10.3. The Morgan fingerprint density at radius 2 is 1.28 bits per heavy atom. The molecule has 0 amide bonds. The fraction of sp³-hybridized carbons (Fsp3) is 0.269. The second kappa shape index (κ2) is 13.8. The van der Waals surface area contributed by atoms with Crippen LogP contribution in [0.2, 0.25) is 0 Å². The Labute approximate surface area is 237 Å². The standard InChI is InChI=1S/C26H27NO2.BH4.2Na/c28-25(29)26(19-22-12-6-2-7-13-22)24(18-21-10-4-1-5-11-21)16-17-27(26)20-23-14-8-3-9-15-23;;;/h1-15,24H,16-20H2,(H,28,29);1H4;;/q;-1;2*+1/p-1/t24?,26-;;;/m0.../s1. The summed E-state index contributed by atoms with van der Waals surface area (Å²) in [5.74, 6) is -0.963. The molecule has 1 saturated heterocycles. The second-order valence-corrected chi connectivity index (χ2v) is 7.96. The summed E-state index contributed by atoms with van der Waals surface area (Å²) < 4.78 is 0. The van der Waals surface area contributed by atoms with Crippen molar-refractivity contribution in [1.29, 1.82) is 0 Å². The zero-order chi connectivity index (χ0) is 20.1. The molecule has 1 aliphatic rings. The number of likely N-dealkylation sites (tertiary alicyclic amines) is 1. The van der Waals surface area contributed by atoms with E-state index in [4.69, 9.17) is 0 Å². The van der Waals surface area contributed by atoms with Crippen LogP contribution in [0.25, 0.3) is 0 Å². The van der Waals surface area contributed by atoms with Crippen molar-refractivity contribution in [1.82, 2.24) is 4.90 Å². The molecule has 4 rings (SSSR count). The number of nitrogens with zero attached hydrogens (tertiary/aromatic N) is 1. The van der Waals surface area contributed by atoms with E-state index in [1.165, 1.54) is 5.56 Å². The molecule has 3 nitrogen and oxygen atoms in total. The Bertz CT molecular complexity index is 892. The minimum Gasteiger partial charge on any atom is -0.548 e. The van der Waals surface area contributed by atoms with E-state index in [-0.39, 0.29) is 73.4 Å². The van der Waals surface area contributed by atoms with E-state index in [9.17, 15) is 9.90 Å². The van der Waals surface area contributed by atoms with Crippen LogP contribution in [0.3, 0.4) is 0 Å². The summed E-state index contributed by atoms with van der Waals surface area (Å²) in [6, 6.07) is 30.3. The predicted octanol–water partition coefficient (Wildman–Crippen LogP) is -3.96. The maximum Gasteiger partial charge on any atom is 1.00 e. The van der Waals surface area contributed by atoms with Gasteiger partial charge < -0.3 is 9.90 Å². The van der Waals surface area contributed by atoms with Crippen molar-refractivity contribution in [2.24, 2.45) is 5.92 Å². The number of rotatable bonds is 7. The van der Waals surface area contributed by atoms with Gasteiger partial charge in [0.1, 0.15) is 0 Å². The van der Waals surface area contributed by atoms with E-state index in [0.29, 0.717) is 13.0 Å². The summed E-state index contributed by atoms with van der Waals surface area (Å²) >= 11 is 0. The summed E-state index contributed by atoms with van der Waals surface area (Å²) in [5, 5.41) is 12.8. The smallest absolute Gasteiger partial charge is 0.548 e. The quantitative estimate of drug-likeness (QED) is 0.349. The molecule has 6 heteroatoms. The van der Waals surface area contributed by atoms with Crippen molar-refractivity contribution in [3.8, 4) is 0 Å². The second-order valence-electron chi connectivity index (χ2n) is 7.96. The number of carboxylic acids is 1. The zero-order valence-corrected chi connectivity index (χ0v) is 22.5. The van der Waals surface area contributed by atoms with Gasteiger partial charge in [0.15, 0.2) is 0 Å². The molecule has 3 aromatic carbocycles. The van der Waals surface area contributed by atoms with Gasteiger partial charge >= 0.3 is 59.1 Å². The Morgan fingerprint density at radius 3 is 1.78 bits per heavy atom. The van der Waals surface area contributed by atoms with Gasteiger partial charge in [-0.3, -0.25) is 4.90 Å². The van der Waals surface area contributed by atoms with Gasteiger partial charge in [0.25, 0.3) is 0 Å². The summed E-state index contributed by atoms with van der Waals surface area (Å²) in [7, 11) is 0. The minimum atomic E-state index is -1.02. The van der Waals surface area contributed by atoms with Gasteiger partial charge in [-0.15, -0.1) is 0 Å². The van der Waals surface area contributed by atoms with E-state index in [2.05, 4.69) is 29.2 Å². The topological polar surface area (TPSA) is 43.4 Å². The molecule has 0 bridgehead atoms.